The lowest BCUT2D eigenvalue weighted by molar-refractivity contribution is -0.387. The van der Waals surface area contributed by atoms with Crippen LogP contribution in [-0.2, 0) is 19.1 Å². The Morgan fingerprint density at radius 2 is 1.67 bits per heavy atom. The number of carbonyl (C=O) groups is 2. The van der Waals surface area contributed by atoms with E-state index in [4.69, 9.17) is 0 Å². The van der Waals surface area contributed by atoms with E-state index in [2.05, 4.69) is 14.8 Å². The molecule has 0 bridgehead atoms. The molecular formula is C18H16N2O6S. The molecule has 0 amide bonds. The van der Waals surface area contributed by atoms with E-state index in [-0.39, 0.29) is 11.4 Å². The summed E-state index contributed by atoms with van der Waals surface area (Å²) >= 11 is 1.16. The van der Waals surface area contributed by atoms with E-state index in [1.54, 1.807) is 42.5 Å². The van der Waals surface area contributed by atoms with Gasteiger partial charge in [-0.15, -0.1) is 0 Å². The molecule has 140 valence electrons. The molecule has 2 aromatic rings. The molecule has 0 heterocycles. The second-order valence-electron chi connectivity index (χ2n) is 5.02. The summed E-state index contributed by atoms with van der Waals surface area (Å²) in [5, 5.41) is 14.0. The van der Waals surface area contributed by atoms with E-state index < -0.39 is 16.9 Å². The van der Waals surface area contributed by atoms with E-state index in [1.165, 1.54) is 20.3 Å². The van der Waals surface area contributed by atoms with Crippen LogP contribution in [0.15, 0.2) is 70.1 Å². The molecule has 8 nitrogen and oxygen atoms in total. The number of para-hydroxylation sites is 2. The zero-order valence-electron chi connectivity index (χ0n) is 14.5. The molecule has 0 fully saturated rings. The summed E-state index contributed by atoms with van der Waals surface area (Å²) in [5.41, 5.74) is 0.316. The van der Waals surface area contributed by atoms with Crippen molar-refractivity contribution in [3.63, 3.8) is 0 Å². The monoisotopic (exact) mass is 388 g/mol. The maximum atomic E-state index is 11.9. The molecule has 0 aromatic heterocycles. The average Bonchev–Trinajstić information content (AvgIpc) is 2.68. The van der Waals surface area contributed by atoms with Crippen LogP contribution >= 0.6 is 11.8 Å². The Morgan fingerprint density at radius 1 is 1.04 bits per heavy atom. The fraction of sp³-hybridized carbons (Fsp3) is 0.111. The van der Waals surface area contributed by atoms with Crippen LogP contribution in [0.1, 0.15) is 0 Å². The molecule has 9 heteroatoms. The van der Waals surface area contributed by atoms with Crippen LogP contribution in [0.3, 0.4) is 0 Å². The van der Waals surface area contributed by atoms with Gasteiger partial charge < -0.3 is 14.8 Å². The van der Waals surface area contributed by atoms with Gasteiger partial charge in [0.15, 0.2) is 0 Å². The lowest BCUT2D eigenvalue weighted by atomic mass is 10.3. The van der Waals surface area contributed by atoms with Crippen molar-refractivity contribution in [1.82, 2.24) is 0 Å². The molecule has 0 atom stereocenters. The number of hydrogen-bond donors (Lipinski definition) is 1. The molecule has 0 unspecified atom stereocenters. The molecule has 2 rings (SSSR count). The standard InChI is InChI=1S/C18H16N2O6S/c1-25-17(21)11-13(18(22)26-2)19-12-7-3-5-9-15(12)27-16-10-6-4-8-14(16)20(23)24/h3-11,19H,1-2H3/b13-11+. The normalized spacial score (nSPS) is 10.8. The molecule has 0 aliphatic heterocycles. The van der Waals surface area contributed by atoms with Crippen LogP contribution in [-0.4, -0.2) is 31.1 Å². The van der Waals surface area contributed by atoms with Gasteiger partial charge in [0.2, 0.25) is 0 Å². The highest BCUT2D eigenvalue weighted by atomic mass is 32.2. The SMILES string of the molecule is COC(=O)/C=C(/Nc1ccccc1Sc1ccccc1[N+](=O)[O-])C(=O)OC. The van der Waals surface area contributed by atoms with Crippen molar-refractivity contribution in [3.05, 3.63) is 70.4 Å². The maximum Gasteiger partial charge on any atom is 0.354 e. The van der Waals surface area contributed by atoms with Gasteiger partial charge in [-0.25, -0.2) is 9.59 Å². The summed E-state index contributed by atoms with van der Waals surface area (Å²) in [5.74, 6) is -1.49. The van der Waals surface area contributed by atoms with Crippen molar-refractivity contribution in [2.75, 3.05) is 19.5 Å². The predicted octanol–water partition coefficient (Wildman–Crippen LogP) is 3.39. The lowest BCUT2D eigenvalue weighted by Gasteiger charge is -2.13. The Morgan fingerprint density at radius 3 is 2.30 bits per heavy atom. The first-order valence-electron chi connectivity index (χ1n) is 7.61. The Bertz CT molecular complexity index is 897. The Labute approximate surface area is 159 Å². The topological polar surface area (TPSA) is 108 Å². The van der Waals surface area contributed by atoms with E-state index in [1.807, 2.05) is 0 Å². The highest BCUT2D eigenvalue weighted by molar-refractivity contribution is 7.99. The van der Waals surface area contributed by atoms with Crippen LogP contribution in [0.5, 0.6) is 0 Å². The molecule has 0 radical (unpaired) electrons. The van der Waals surface area contributed by atoms with Gasteiger partial charge >= 0.3 is 11.9 Å². The molecule has 0 aliphatic carbocycles. The van der Waals surface area contributed by atoms with Crippen molar-refractivity contribution < 1.29 is 24.0 Å². The number of rotatable bonds is 7. The first-order chi connectivity index (χ1) is 13.0. The minimum absolute atomic E-state index is 0.0319. The molecule has 27 heavy (non-hydrogen) atoms. The smallest absolute Gasteiger partial charge is 0.354 e. The number of ether oxygens (including phenoxy) is 2. The Hall–Kier alpha value is -3.33. The second-order valence-corrected chi connectivity index (χ2v) is 6.10. The van der Waals surface area contributed by atoms with Crippen molar-refractivity contribution in [2.45, 2.75) is 9.79 Å². The van der Waals surface area contributed by atoms with Crippen LogP contribution in [0.2, 0.25) is 0 Å². The van der Waals surface area contributed by atoms with Crippen LogP contribution < -0.4 is 5.32 Å². The third-order valence-electron chi connectivity index (χ3n) is 3.31. The summed E-state index contributed by atoms with van der Waals surface area (Å²) < 4.78 is 9.20. The fourth-order valence-corrected chi connectivity index (χ4v) is 3.06. The van der Waals surface area contributed by atoms with Crippen molar-refractivity contribution >= 4 is 35.1 Å². The summed E-state index contributed by atoms with van der Waals surface area (Å²) in [6.07, 6.45) is 0.970. The lowest BCUT2D eigenvalue weighted by Crippen LogP contribution is -2.15. The number of benzene rings is 2. The van der Waals surface area contributed by atoms with Crippen molar-refractivity contribution in [2.24, 2.45) is 0 Å². The molecule has 0 saturated carbocycles. The van der Waals surface area contributed by atoms with E-state index in [0.29, 0.717) is 15.5 Å². The van der Waals surface area contributed by atoms with E-state index in [9.17, 15) is 19.7 Å². The molecular weight excluding hydrogens is 372 g/mol. The van der Waals surface area contributed by atoms with Crippen molar-refractivity contribution in [3.8, 4) is 0 Å². The quantitative estimate of drug-likeness (QED) is 0.333. The maximum absolute atomic E-state index is 11.9. The summed E-state index contributed by atoms with van der Waals surface area (Å²) in [4.78, 5) is 35.2. The Kier molecular flexibility index (Phi) is 6.95. The summed E-state index contributed by atoms with van der Waals surface area (Å²) in [7, 11) is 2.37. The van der Waals surface area contributed by atoms with E-state index >= 15 is 0 Å². The molecule has 0 saturated heterocycles. The minimum atomic E-state index is -0.758. The second kappa shape index (κ2) is 9.39. The Balaban J connectivity index is 2.38. The summed E-state index contributed by atoms with van der Waals surface area (Å²) in [6, 6.07) is 13.2. The number of nitrogens with zero attached hydrogens (tertiary/aromatic N) is 1. The number of carbonyl (C=O) groups excluding carboxylic acids is 2. The molecule has 2 aromatic carbocycles. The first kappa shape index (κ1) is 20.0. The van der Waals surface area contributed by atoms with Gasteiger partial charge in [0.1, 0.15) is 5.70 Å². The largest absolute Gasteiger partial charge is 0.466 e. The zero-order chi connectivity index (χ0) is 19.8. The van der Waals surface area contributed by atoms with Gasteiger partial charge in [-0.3, -0.25) is 10.1 Å². The van der Waals surface area contributed by atoms with Gasteiger partial charge in [-0.05, 0) is 18.2 Å². The highest BCUT2D eigenvalue weighted by Crippen LogP contribution is 2.38. The molecule has 0 spiro atoms. The number of nitrogens with one attached hydrogen (secondary N) is 1. The predicted molar refractivity (Wildman–Crippen MR) is 99.4 cm³/mol. The van der Waals surface area contributed by atoms with Gasteiger partial charge in [-0.2, -0.15) is 0 Å². The highest BCUT2D eigenvalue weighted by Gasteiger charge is 2.18. The number of nitro groups is 1. The van der Waals surface area contributed by atoms with Gasteiger partial charge in [-0.1, -0.05) is 36.0 Å². The average molecular weight is 388 g/mol. The number of hydrogen-bond acceptors (Lipinski definition) is 8. The van der Waals surface area contributed by atoms with Crippen LogP contribution in [0, 0.1) is 10.1 Å². The van der Waals surface area contributed by atoms with Gasteiger partial charge in [0.25, 0.3) is 5.69 Å². The van der Waals surface area contributed by atoms with E-state index in [0.717, 1.165) is 17.8 Å². The number of anilines is 1. The zero-order valence-corrected chi connectivity index (χ0v) is 15.3. The molecule has 1 N–H and O–H groups in total. The molecule has 0 aliphatic rings. The minimum Gasteiger partial charge on any atom is -0.466 e. The van der Waals surface area contributed by atoms with Crippen LogP contribution in [0.4, 0.5) is 11.4 Å². The first-order valence-corrected chi connectivity index (χ1v) is 8.43. The third-order valence-corrected chi connectivity index (χ3v) is 4.45. The van der Waals surface area contributed by atoms with Crippen LogP contribution in [0.25, 0.3) is 0 Å². The fourth-order valence-electron chi connectivity index (χ4n) is 2.05. The van der Waals surface area contributed by atoms with Gasteiger partial charge in [0, 0.05) is 11.0 Å². The van der Waals surface area contributed by atoms with Crippen molar-refractivity contribution in [1.29, 1.82) is 0 Å². The number of esters is 2. The van der Waals surface area contributed by atoms with Gasteiger partial charge in [0.05, 0.1) is 35.8 Å². The third kappa shape index (κ3) is 5.32. The summed E-state index contributed by atoms with van der Waals surface area (Å²) in [6.45, 7) is 0. The number of methoxy groups -OCH3 is 2. The number of nitro benzene ring substituents is 1.